The largest absolute Gasteiger partial charge is 0.426 e. The van der Waals surface area contributed by atoms with Gasteiger partial charge in [-0.05, 0) is 13.3 Å². The second-order valence-corrected chi connectivity index (χ2v) is 6.29. The average Bonchev–Trinajstić information content (AvgIpc) is 3.11. The smallest absolute Gasteiger partial charge is 0.354 e. The number of anilines is 1. The van der Waals surface area contributed by atoms with Gasteiger partial charge in [0.2, 0.25) is 0 Å². The monoisotopic (exact) mass is 409 g/mol. The molecular formula is C17H15F4N7O. The highest BCUT2D eigenvalue weighted by molar-refractivity contribution is 5.95. The van der Waals surface area contributed by atoms with E-state index >= 15 is 0 Å². The first-order valence-corrected chi connectivity index (χ1v) is 8.37. The van der Waals surface area contributed by atoms with E-state index in [2.05, 4.69) is 35.2 Å². The van der Waals surface area contributed by atoms with E-state index in [0.717, 1.165) is 6.20 Å². The van der Waals surface area contributed by atoms with Crippen LogP contribution < -0.4 is 5.32 Å². The van der Waals surface area contributed by atoms with Crippen molar-refractivity contribution in [1.82, 2.24) is 24.9 Å². The first-order valence-electron chi connectivity index (χ1n) is 8.37. The zero-order valence-electron chi connectivity index (χ0n) is 15.3. The second kappa shape index (κ2) is 7.53. The summed E-state index contributed by atoms with van der Waals surface area (Å²) in [6.07, 6.45) is 0.218. The van der Waals surface area contributed by atoms with Crippen LogP contribution in [-0.2, 0) is 4.79 Å². The molecule has 0 saturated carbocycles. The molecule has 0 bridgehead atoms. The molecule has 3 heterocycles. The Morgan fingerprint density at radius 3 is 2.76 bits per heavy atom. The second-order valence-electron chi connectivity index (χ2n) is 6.29. The van der Waals surface area contributed by atoms with Crippen molar-refractivity contribution in [3.8, 4) is 11.4 Å². The third-order valence-corrected chi connectivity index (χ3v) is 4.24. The van der Waals surface area contributed by atoms with Crippen molar-refractivity contribution in [2.75, 3.05) is 5.32 Å². The Morgan fingerprint density at radius 1 is 1.31 bits per heavy atom. The number of carbonyl (C=O) groups excluding carboxylic acids is 1. The van der Waals surface area contributed by atoms with Gasteiger partial charge in [0, 0.05) is 23.3 Å². The molecule has 0 radical (unpaired) electrons. The average molecular weight is 409 g/mol. The Balaban J connectivity index is 1.95. The first-order chi connectivity index (χ1) is 13.6. The number of H-pyrrole nitrogens is 1. The summed E-state index contributed by atoms with van der Waals surface area (Å²) in [7, 11) is 0. The van der Waals surface area contributed by atoms with Gasteiger partial charge in [0.15, 0.2) is 17.5 Å². The molecule has 152 valence electrons. The molecule has 1 amide bonds. The van der Waals surface area contributed by atoms with Gasteiger partial charge in [-0.3, -0.25) is 4.79 Å². The lowest BCUT2D eigenvalue weighted by Gasteiger charge is -2.26. The summed E-state index contributed by atoms with van der Waals surface area (Å²) in [5.41, 5.74) is -0.604. The number of alkyl halides is 3. The van der Waals surface area contributed by atoms with Crippen LogP contribution in [0, 0.1) is 5.82 Å². The molecule has 0 aliphatic rings. The Morgan fingerprint density at radius 2 is 2.07 bits per heavy atom. The minimum Gasteiger partial charge on any atom is -0.354 e. The zero-order valence-corrected chi connectivity index (χ0v) is 15.3. The molecule has 29 heavy (non-hydrogen) atoms. The van der Waals surface area contributed by atoms with Gasteiger partial charge < -0.3 is 10.3 Å². The number of amides is 1. The minimum absolute atomic E-state index is 0.0285. The van der Waals surface area contributed by atoms with Gasteiger partial charge in [-0.1, -0.05) is 6.92 Å². The van der Waals surface area contributed by atoms with Gasteiger partial charge in [-0.2, -0.15) is 13.2 Å². The number of carbonyl (C=O) groups is 1. The third-order valence-electron chi connectivity index (χ3n) is 4.24. The van der Waals surface area contributed by atoms with Gasteiger partial charge in [-0.15, -0.1) is 0 Å². The number of fused-ring (bicyclic) bond motifs is 1. The molecule has 12 heteroatoms. The lowest BCUT2D eigenvalue weighted by Crippen LogP contribution is -2.43. The van der Waals surface area contributed by atoms with Crippen molar-refractivity contribution in [3.63, 3.8) is 0 Å². The number of halogens is 4. The van der Waals surface area contributed by atoms with Crippen LogP contribution >= 0.6 is 0 Å². The molecule has 0 fully saturated rings. The van der Waals surface area contributed by atoms with Crippen molar-refractivity contribution in [3.05, 3.63) is 30.7 Å². The van der Waals surface area contributed by atoms with E-state index in [4.69, 9.17) is 0 Å². The Hall–Kier alpha value is -3.44. The van der Waals surface area contributed by atoms with Crippen molar-refractivity contribution in [2.24, 2.45) is 4.99 Å². The number of nitrogens with one attached hydrogen (secondary N) is 2. The summed E-state index contributed by atoms with van der Waals surface area (Å²) in [4.78, 5) is 34.0. The van der Waals surface area contributed by atoms with E-state index in [1.807, 2.05) is 0 Å². The quantitative estimate of drug-likeness (QED) is 0.494. The van der Waals surface area contributed by atoms with Crippen molar-refractivity contribution in [1.29, 1.82) is 0 Å². The molecule has 0 aliphatic heterocycles. The molecule has 3 aromatic rings. The molecule has 0 spiro atoms. The zero-order chi connectivity index (χ0) is 21.2. The highest BCUT2D eigenvalue weighted by atomic mass is 19.4. The van der Waals surface area contributed by atoms with Gasteiger partial charge in [0.1, 0.15) is 23.7 Å². The summed E-state index contributed by atoms with van der Waals surface area (Å²) < 4.78 is 51.2. The summed E-state index contributed by atoms with van der Waals surface area (Å²) in [6, 6.07) is 0. The predicted octanol–water partition coefficient (Wildman–Crippen LogP) is 3.29. The predicted molar refractivity (Wildman–Crippen MR) is 96.7 cm³/mol. The lowest BCUT2D eigenvalue weighted by molar-refractivity contribution is -0.122. The maximum Gasteiger partial charge on any atom is 0.426 e. The van der Waals surface area contributed by atoms with Crippen LogP contribution in [0.5, 0.6) is 0 Å². The summed E-state index contributed by atoms with van der Waals surface area (Å²) >= 11 is 0. The van der Waals surface area contributed by atoms with Crippen LogP contribution in [0.1, 0.15) is 20.3 Å². The molecule has 0 aromatic carbocycles. The number of rotatable bonds is 5. The highest BCUT2D eigenvalue weighted by Crippen LogP contribution is 2.27. The van der Waals surface area contributed by atoms with Crippen LogP contribution in [0.15, 0.2) is 29.9 Å². The van der Waals surface area contributed by atoms with E-state index < -0.39 is 29.7 Å². The normalized spacial score (nSPS) is 14.3. The Bertz CT molecular complexity index is 1080. The molecule has 0 unspecified atom stereocenters. The fraction of sp³-hybridized carbons (Fsp3) is 0.294. The number of hydrogen-bond acceptors (Lipinski definition) is 6. The van der Waals surface area contributed by atoms with Gasteiger partial charge >= 0.3 is 6.18 Å². The lowest BCUT2D eigenvalue weighted by atomic mass is 9.98. The fourth-order valence-electron chi connectivity index (χ4n) is 2.46. The van der Waals surface area contributed by atoms with Crippen LogP contribution in [-0.4, -0.2) is 48.8 Å². The highest BCUT2D eigenvalue weighted by Gasteiger charge is 2.34. The van der Waals surface area contributed by atoms with Gasteiger partial charge in [0.05, 0.1) is 6.20 Å². The van der Waals surface area contributed by atoms with Crippen molar-refractivity contribution in [2.45, 2.75) is 32.0 Å². The number of aromatic nitrogens is 5. The van der Waals surface area contributed by atoms with Crippen molar-refractivity contribution < 1.29 is 22.4 Å². The molecule has 1 atom stereocenters. The minimum atomic E-state index is -4.74. The molecule has 8 nitrogen and oxygen atoms in total. The fourth-order valence-corrected chi connectivity index (χ4v) is 2.46. The first kappa shape index (κ1) is 20.3. The Kier molecular flexibility index (Phi) is 5.27. The maximum absolute atomic E-state index is 14.3. The van der Waals surface area contributed by atoms with E-state index in [1.165, 1.54) is 19.4 Å². The Labute approximate surface area is 161 Å². The molecular weight excluding hydrogens is 394 g/mol. The number of nitrogens with zero attached hydrogens (tertiary/aromatic N) is 5. The summed E-state index contributed by atoms with van der Waals surface area (Å²) in [6.45, 7) is 2.86. The van der Waals surface area contributed by atoms with E-state index in [9.17, 15) is 22.4 Å². The molecule has 3 aromatic heterocycles. The van der Waals surface area contributed by atoms with Crippen LogP contribution in [0.25, 0.3) is 22.4 Å². The molecule has 2 N–H and O–H groups in total. The standard InChI is InChI=1S/C17H15F4N7O/c1-3-16(2,15(29)25-7-17(19,20)21)28-14-11(18)6-24-13(27-14)10-5-23-12-9(10)4-22-8-26-12/h4-8H,3H2,1-2H3,(H,22,23,26)(H,24,27,28)/t16-/m1/s1. The van der Waals surface area contributed by atoms with E-state index in [1.54, 1.807) is 13.1 Å². The molecule has 3 rings (SSSR count). The van der Waals surface area contributed by atoms with Crippen LogP contribution in [0.2, 0.25) is 0 Å². The van der Waals surface area contributed by atoms with Gasteiger partial charge in [-0.25, -0.2) is 29.3 Å². The van der Waals surface area contributed by atoms with Gasteiger partial charge in [0.25, 0.3) is 5.91 Å². The van der Waals surface area contributed by atoms with Crippen LogP contribution in [0.3, 0.4) is 0 Å². The van der Waals surface area contributed by atoms with E-state index in [0.29, 0.717) is 16.6 Å². The third kappa shape index (κ3) is 4.36. The van der Waals surface area contributed by atoms with E-state index in [-0.39, 0.29) is 18.1 Å². The summed E-state index contributed by atoms with van der Waals surface area (Å²) in [5.74, 6) is -2.23. The summed E-state index contributed by atoms with van der Waals surface area (Å²) in [5, 5.41) is 3.15. The number of aromatic amines is 1. The number of aliphatic imine (C=N–C) groups is 1. The van der Waals surface area contributed by atoms with Crippen LogP contribution in [0.4, 0.5) is 23.4 Å². The number of hydrogen-bond donors (Lipinski definition) is 2. The maximum atomic E-state index is 14.3. The van der Waals surface area contributed by atoms with Crippen molar-refractivity contribution >= 4 is 29.0 Å². The topological polar surface area (TPSA) is 109 Å². The molecule has 0 saturated heterocycles. The SMILES string of the molecule is CC[C@@](C)(Nc1nc(-c2c[nH]c3ncncc23)ncc1F)C(=O)N=CC(F)(F)F. The molecule has 0 aliphatic carbocycles.